The molecule has 0 unspecified atom stereocenters. The van der Waals surface area contributed by atoms with E-state index in [9.17, 15) is 9.90 Å². The van der Waals surface area contributed by atoms with Crippen molar-refractivity contribution in [3.8, 4) is 21.8 Å². The lowest BCUT2D eigenvalue weighted by molar-refractivity contribution is 0.189. The molecule has 210 valence electrons. The fraction of sp³-hybridized carbons (Fsp3) is 0.290. The third-order valence-electron chi connectivity index (χ3n) is 7.32. The smallest absolute Gasteiger partial charge is 0.259 e. The standard InChI is InChI=1S/C31H33N7O2S/c1-21(2)26-20-27(40)38-28(22-7-4-3-5-8-22)29(41-31(38)35-26)25-11-12-32-30(34-25)33-23-9-6-10-24(19-23)37-15-13-36(14-16-37)17-18-39/h3-12,19-21,39H,13-18H2,1-2H3,(H,32,33,34). The summed E-state index contributed by atoms with van der Waals surface area (Å²) in [5, 5.41) is 12.6. The van der Waals surface area contributed by atoms with Crippen LogP contribution in [-0.4, -0.2) is 68.7 Å². The maximum absolute atomic E-state index is 13.3. The lowest BCUT2D eigenvalue weighted by Crippen LogP contribution is -2.47. The van der Waals surface area contributed by atoms with Gasteiger partial charge in [-0.15, -0.1) is 0 Å². The van der Waals surface area contributed by atoms with Crippen LogP contribution < -0.4 is 15.8 Å². The third-order valence-corrected chi connectivity index (χ3v) is 8.39. The Bertz CT molecular complexity index is 1710. The van der Waals surface area contributed by atoms with Gasteiger partial charge in [-0.1, -0.05) is 61.6 Å². The first-order valence-electron chi connectivity index (χ1n) is 13.9. The zero-order valence-electron chi connectivity index (χ0n) is 23.2. The number of aromatic nitrogens is 4. The fourth-order valence-corrected chi connectivity index (χ4v) is 6.28. The van der Waals surface area contributed by atoms with E-state index in [1.807, 2.05) is 62.4 Å². The van der Waals surface area contributed by atoms with E-state index >= 15 is 0 Å². The molecule has 0 aliphatic carbocycles. The van der Waals surface area contributed by atoms with Crippen LogP contribution in [0.15, 0.2) is 77.7 Å². The molecule has 10 heteroatoms. The number of aliphatic hydroxyl groups excluding tert-OH is 1. The normalized spacial score (nSPS) is 14.2. The van der Waals surface area contributed by atoms with Crippen LogP contribution in [0, 0.1) is 0 Å². The number of nitrogens with one attached hydrogen (secondary N) is 1. The predicted octanol–water partition coefficient (Wildman–Crippen LogP) is 4.86. The van der Waals surface area contributed by atoms with Crippen LogP contribution in [0.25, 0.3) is 26.8 Å². The molecular formula is C31H33N7O2S. The second kappa shape index (κ2) is 11.8. The largest absolute Gasteiger partial charge is 0.395 e. The molecule has 0 bridgehead atoms. The maximum Gasteiger partial charge on any atom is 0.259 e. The lowest BCUT2D eigenvalue weighted by atomic mass is 10.1. The average molecular weight is 568 g/mol. The van der Waals surface area contributed by atoms with Crippen LogP contribution in [0.2, 0.25) is 0 Å². The Morgan fingerprint density at radius 3 is 2.54 bits per heavy atom. The molecule has 0 amide bonds. The summed E-state index contributed by atoms with van der Waals surface area (Å²) in [5.74, 6) is 0.625. The number of aliphatic hydroxyl groups is 1. The van der Waals surface area contributed by atoms with Crippen molar-refractivity contribution in [1.82, 2.24) is 24.3 Å². The van der Waals surface area contributed by atoms with Crippen molar-refractivity contribution in [2.75, 3.05) is 49.5 Å². The second-order valence-corrected chi connectivity index (χ2v) is 11.4. The maximum atomic E-state index is 13.3. The van der Waals surface area contributed by atoms with Gasteiger partial charge in [0, 0.05) is 61.9 Å². The van der Waals surface area contributed by atoms with E-state index in [2.05, 4.69) is 32.2 Å². The Labute approximate surface area is 242 Å². The number of rotatable bonds is 8. The minimum absolute atomic E-state index is 0.0959. The van der Waals surface area contributed by atoms with Crippen LogP contribution in [-0.2, 0) is 0 Å². The molecule has 0 saturated carbocycles. The zero-order chi connectivity index (χ0) is 28.3. The summed E-state index contributed by atoms with van der Waals surface area (Å²) in [5.41, 5.74) is 5.15. The van der Waals surface area contributed by atoms with Gasteiger partial charge in [0.2, 0.25) is 5.95 Å². The summed E-state index contributed by atoms with van der Waals surface area (Å²) in [6.45, 7) is 8.68. The van der Waals surface area contributed by atoms with Crippen molar-refractivity contribution in [2.45, 2.75) is 19.8 Å². The molecular weight excluding hydrogens is 534 g/mol. The number of hydrogen-bond acceptors (Lipinski definition) is 9. The fourth-order valence-electron chi connectivity index (χ4n) is 5.15. The SMILES string of the molecule is CC(C)c1cc(=O)n2c(-c3ccccc3)c(-c3ccnc(Nc4cccc(N5CCN(CCO)CC5)c4)n3)sc2n1. The molecule has 0 atom stereocenters. The van der Waals surface area contributed by atoms with Crippen molar-refractivity contribution in [2.24, 2.45) is 0 Å². The molecule has 1 aliphatic rings. The second-order valence-electron chi connectivity index (χ2n) is 10.4. The lowest BCUT2D eigenvalue weighted by Gasteiger charge is -2.35. The van der Waals surface area contributed by atoms with E-state index in [-0.39, 0.29) is 18.1 Å². The highest BCUT2D eigenvalue weighted by molar-refractivity contribution is 7.20. The highest BCUT2D eigenvalue weighted by atomic mass is 32.1. The summed E-state index contributed by atoms with van der Waals surface area (Å²) < 4.78 is 1.69. The Morgan fingerprint density at radius 2 is 1.78 bits per heavy atom. The molecule has 4 heterocycles. The molecule has 9 nitrogen and oxygen atoms in total. The molecule has 0 spiro atoms. The summed E-state index contributed by atoms with van der Waals surface area (Å²) >= 11 is 1.46. The van der Waals surface area contributed by atoms with Crippen molar-refractivity contribution < 1.29 is 5.11 Å². The first-order valence-corrected chi connectivity index (χ1v) is 14.7. The highest BCUT2D eigenvalue weighted by Gasteiger charge is 2.21. The van der Waals surface area contributed by atoms with Gasteiger partial charge in [0.25, 0.3) is 5.56 Å². The molecule has 1 saturated heterocycles. The predicted molar refractivity (Wildman–Crippen MR) is 165 cm³/mol. The van der Waals surface area contributed by atoms with Crippen LogP contribution in [0.5, 0.6) is 0 Å². The molecule has 5 aromatic rings. The molecule has 1 fully saturated rings. The number of hydrogen-bond donors (Lipinski definition) is 2. The van der Waals surface area contributed by atoms with Crippen LogP contribution in [0.1, 0.15) is 25.5 Å². The number of fused-ring (bicyclic) bond motifs is 1. The van der Waals surface area contributed by atoms with Gasteiger partial charge in [0.1, 0.15) is 0 Å². The number of anilines is 3. The van der Waals surface area contributed by atoms with Gasteiger partial charge in [-0.05, 0) is 30.2 Å². The molecule has 1 aliphatic heterocycles. The van der Waals surface area contributed by atoms with Gasteiger partial charge in [-0.3, -0.25) is 14.1 Å². The van der Waals surface area contributed by atoms with Gasteiger partial charge in [-0.2, -0.15) is 0 Å². The summed E-state index contributed by atoms with van der Waals surface area (Å²) in [4.78, 5) is 33.7. The van der Waals surface area contributed by atoms with Crippen molar-refractivity contribution in [3.05, 3.63) is 89.0 Å². The quantitative estimate of drug-likeness (QED) is 0.274. The van der Waals surface area contributed by atoms with Gasteiger partial charge < -0.3 is 15.3 Å². The molecule has 2 N–H and O–H groups in total. The topological polar surface area (TPSA) is 98.9 Å². The Balaban J connectivity index is 1.33. The van der Waals surface area contributed by atoms with Crippen LogP contribution in [0.3, 0.4) is 0 Å². The Morgan fingerprint density at radius 1 is 0.976 bits per heavy atom. The summed E-state index contributed by atoms with van der Waals surface area (Å²) in [6.07, 6.45) is 1.74. The first-order chi connectivity index (χ1) is 20.0. The van der Waals surface area contributed by atoms with E-state index in [1.165, 1.54) is 11.3 Å². The minimum Gasteiger partial charge on any atom is -0.395 e. The minimum atomic E-state index is -0.0959. The van der Waals surface area contributed by atoms with Gasteiger partial charge >= 0.3 is 0 Å². The van der Waals surface area contributed by atoms with Crippen molar-refractivity contribution in [1.29, 1.82) is 0 Å². The molecule has 2 aromatic carbocycles. The average Bonchev–Trinajstić information content (AvgIpc) is 3.39. The third kappa shape index (κ3) is 5.72. The van der Waals surface area contributed by atoms with Crippen molar-refractivity contribution in [3.63, 3.8) is 0 Å². The first kappa shape index (κ1) is 27.1. The number of benzene rings is 2. The number of piperazine rings is 1. The van der Waals surface area contributed by atoms with E-state index in [1.54, 1.807) is 16.7 Å². The zero-order valence-corrected chi connectivity index (χ0v) is 24.0. The molecule has 41 heavy (non-hydrogen) atoms. The number of β-amino-alcohol motifs (C(OH)–C–C–N with tert-alkyl or cyclic N) is 1. The number of thiazole rings is 1. The summed E-state index contributed by atoms with van der Waals surface area (Å²) in [6, 6.07) is 21.7. The van der Waals surface area contributed by atoms with Crippen molar-refractivity contribution >= 4 is 33.6 Å². The monoisotopic (exact) mass is 567 g/mol. The number of nitrogens with zero attached hydrogens (tertiary/aromatic N) is 6. The van der Waals surface area contributed by atoms with Gasteiger partial charge in [0.05, 0.1) is 28.6 Å². The van der Waals surface area contributed by atoms with E-state index in [4.69, 9.17) is 9.97 Å². The van der Waals surface area contributed by atoms with Gasteiger partial charge in [0.15, 0.2) is 4.96 Å². The van der Waals surface area contributed by atoms with E-state index in [0.29, 0.717) is 10.9 Å². The molecule has 6 rings (SSSR count). The van der Waals surface area contributed by atoms with E-state index in [0.717, 1.165) is 71.6 Å². The summed E-state index contributed by atoms with van der Waals surface area (Å²) in [7, 11) is 0. The van der Waals surface area contributed by atoms with E-state index < -0.39 is 0 Å². The van der Waals surface area contributed by atoms with Gasteiger partial charge in [-0.25, -0.2) is 15.0 Å². The highest BCUT2D eigenvalue weighted by Crippen LogP contribution is 2.38. The Hall–Kier alpha value is -4.12. The van der Waals surface area contributed by atoms with Crippen LogP contribution in [0.4, 0.5) is 17.3 Å². The Kier molecular flexibility index (Phi) is 7.78. The van der Waals surface area contributed by atoms with Crippen LogP contribution >= 0.6 is 11.3 Å². The molecule has 3 aromatic heterocycles. The molecule has 0 radical (unpaired) electrons.